The number of hydrogen-bond acceptors (Lipinski definition) is 4. The maximum absolute atomic E-state index is 12.1. The number of benzene rings is 2. The molecule has 0 bridgehead atoms. The van der Waals surface area contributed by atoms with E-state index < -0.39 is 0 Å². The largest absolute Gasteiger partial charge is 0.301 e. The van der Waals surface area contributed by atoms with Gasteiger partial charge in [-0.15, -0.1) is 0 Å². The normalized spacial score (nSPS) is 10.7. The van der Waals surface area contributed by atoms with Crippen LogP contribution in [0.5, 0.6) is 0 Å². The van der Waals surface area contributed by atoms with Gasteiger partial charge in [0.15, 0.2) is 0 Å². The standard InChI is InChI=1S/C18H15N5O/c24-18-17(12-23(22-18)15-6-2-1-3-7-15)21-20-14-9-8-13-5-4-10-19-16(13)11-14/h1-12,20-21H,(H,22,24). The predicted molar refractivity (Wildman–Crippen MR) is 95.4 cm³/mol. The van der Waals surface area contributed by atoms with E-state index in [1.807, 2.05) is 60.7 Å². The Bertz CT molecular complexity index is 1040. The number of anilines is 2. The van der Waals surface area contributed by atoms with E-state index in [2.05, 4.69) is 20.9 Å². The molecule has 6 nitrogen and oxygen atoms in total. The quantitative estimate of drug-likeness (QED) is 0.505. The molecule has 0 aliphatic rings. The fraction of sp³-hybridized carbons (Fsp3) is 0. The van der Waals surface area contributed by atoms with Gasteiger partial charge in [-0.2, -0.15) is 0 Å². The fourth-order valence-electron chi connectivity index (χ4n) is 2.49. The molecule has 0 atom stereocenters. The molecule has 2 aromatic carbocycles. The zero-order valence-corrected chi connectivity index (χ0v) is 12.7. The molecule has 0 amide bonds. The Morgan fingerprint density at radius 2 is 1.83 bits per heavy atom. The molecule has 118 valence electrons. The van der Waals surface area contributed by atoms with Gasteiger partial charge >= 0.3 is 0 Å². The Kier molecular flexibility index (Phi) is 3.47. The smallest absolute Gasteiger partial charge is 0.289 e. The third-order valence-electron chi connectivity index (χ3n) is 3.71. The summed E-state index contributed by atoms with van der Waals surface area (Å²) in [5.41, 5.74) is 8.81. The average Bonchev–Trinajstić information content (AvgIpc) is 3.01. The van der Waals surface area contributed by atoms with Gasteiger partial charge in [0.05, 0.1) is 23.1 Å². The molecule has 0 spiro atoms. The predicted octanol–water partition coefficient (Wildman–Crippen LogP) is 3.15. The minimum absolute atomic E-state index is 0.203. The molecule has 0 saturated heterocycles. The maximum Gasteiger partial charge on any atom is 0.289 e. The van der Waals surface area contributed by atoms with Crippen LogP contribution in [0, 0.1) is 0 Å². The molecule has 6 heteroatoms. The molecule has 0 fully saturated rings. The van der Waals surface area contributed by atoms with Crippen molar-refractivity contribution in [2.75, 3.05) is 10.9 Å². The van der Waals surface area contributed by atoms with Gasteiger partial charge in [0, 0.05) is 11.6 Å². The first-order valence-electron chi connectivity index (χ1n) is 7.53. The molecule has 0 radical (unpaired) electrons. The third-order valence-corrected chi connectivity index (χ3v) is 3.71. The van der Waals surface area contributed by atoms with Crippen LogP contribution in [0.15, 0.2) is 77.9 Å². The number of rotatable bonds is 4. The highest BCUT2D eigenvalue weighted by molar-refractivity contribution is 5.82. The van der Waals surface area contributed by atoms with E-state index in [-0.39, 0.29) is 5.56 Å². The van der Waals surface area contributed by atoms with Gasteiger partial charge in [0.1, 0.15) is 5.69 Å². The second kappa shape index (κ2) is 5.92. The van der Waals surface area contributed by atoms with E-state index >= 15 is 0 Å². The van der Waals surface area contributed by atoms with Crippen LogP contribution in [0.2, 0.25) is 0 Å². The number of aromatic amines is 1. The highest BCUT2D eigenvalue weighted by Crippen LogP contribution is 2.17. The molecule has 24 heavy (non-hydrogen) atoms. The van der Waals surface area contributed by atoms with Gasteiger partial charge < -0.3 is 5.43 Å². The second-order valence-electron chi connectivity index (χ2n) is 5.35. The molecule has 2 heterocycles. The van der Waals surface area contributed by atoms with E-state index in [9.17, 15) is 4.79 Å². The number of para-hydroxylation sites is 1. The molecule has 0 aliphatic heterocycles. The summed E-state index contributed by atoms with van der Waals surface area (Å²) in [6.45, 7) is 0. The lowest BCUT2D eigenvalue weighted by Crippen LogP contribution is -2.15. The van der Waals surface area contributed by atoms with E-state index in [0.717, 1.165) is 22.3 Å². The van der Waals surface area contributed by atoms with Crippen LogP contribution >= 0.6 is 0 Å². The van der Waals surface area contributed by atoms with Crippen molar-refractivity contribution in [1.29, 1.82) is 0 Å². The summed E-state index contributed by atoms with van der Waals surface area (Å²) in [7, 11) is 0. The number of nitrogens with one attached hydrogen (secondary N) is 3. The van der Waals surface area contributed by atoms with Gasteiger partial charge in [0.25, 0.3) is 5.56 Å². The lowest BCUT2D eigenvalue weighted by atomic mass is 10.2. The van der Waals surface area contributed by atoms with Crippen LogP contribution < -0.4 is 16.4 Å². The average molecular weight is 317 g/mol. The lowest BCUT2D eigenvalue weighted by Gasteiger charge is -2.08. The highest BCUT2D eigenvalue weighted by Gasteiger charge is 2.05. The first-order valence-corrected chi connectivity index (χ1v) is 7.53. The summed E-state index contributed by atoms with van der Waals surface area (Å²) in [5, 5.41) is 3.84. The van der Waals surface area contributed by atoms with E-state index in [1.54, 1.807) is 17.1 Å². The summed E-state index contributed by atoms with van der Waals surface area (Å²) >= 11 is 0. The van der Waals surface area contributed by atoms with E-state index in [1.165, 1.54) is 0 Å². The molecular weight excluding hydrogens is 302 g/mol. The van der Waals surface area contributed by atoms with Crippen molar-refractivity contribution in [3.8, 4) is 5.69 Å². The van der Waals surface area contributed by atoms with Crippen LogP contribution in [0.1, 0.15) is 0 Å². The van der Waals surface area contributed by atoms with Crippen LogP contribution in [-0.4, -0.2) is 14.8 Å². The third kappa shape index (κ3) is 2.72. The molecular formula is C18H15N5O. The van der Waals surface area contributed by atoms with Crippen LogP contribution in [-0.2, 0) is 0 Å². The Hall–Kier alpha value is -3.54. The van der Waals surface area contributed by atoms with Crippen molar-refractivity contribution in [1.82, 2.24) is 14.8 Å². The molecule has 0 saturated carbocycles. The topological polar surface area (TPSA) is 74.7 Å². The Labute approximate surface area is 137 Å². The lowest BCUT2D eigenvalue weighted by molar-refractivity contribution is 0.864. The second-order valence-corrected chi connectivity index (χ2v) is 5.35. The molecule has 4 aromatic rings. The van der Waals surface area contributed by atoms with Crippen LogP contribution in [0.25, 0.3) is 16.6 Å². The van der Waals surface area contributed by atoms with E-state index in [4.69, 9.17) is 0 Å². The van der Waals surface area contributed by atoms with Crippen molar-refractivity contribution in [3.63, 3.8) is 0 Å². The zero-order chi connectivity index (χ0) is 16.4. The Morgan fingerprint density at radius 1 is 0.958 bits per heavy atom. The molecule has 0 unspecified atom stereocenters. The number of fused-ring (bicyclic) bond motifs is 1. The van der Waals surface area contributed by atoms with Gasteiger partial charge in [-0.25, -0.2) is 0 Å². The SMILES string of the molecule is O=c1[nH]n(-c2ccccc2)cc1NNc1ccc2cccnc2c1. The van der Waals surface area contributed by atoms with Crippen molar-refractivity contribution in [2.45, 2.75) is 0 Å². The van der Waals surface area contributed by atoms with Gasteiger partial charge in [0.2, 0.25) is 0 Å². The van der Waals surface area contributed by atoms with Crippen molar-refractivity contribution in [2.24, 2.45) is 0 Å². The van der Waals surface area contributed by atoms with Crippen molar-refractivity contribution in [3.05, 3.63) is 83.4 Å². The highest BCUT2D eigenvalue weighted by atomic mass is 16.1. The Morgan fingerprint density at radius 3 is 2.71 bits per heavy atom. The number of hydrogen-bond donors (Lipinski definition) is 3. The van der Waals surface area contributed by atoms with Gasteiger partial charge in [-0.3, -0.25) is 25.0 Å². The number of hydrazine groups is 1. The molecule has 0 aliphatic carbocycles. The zero-order valence-electron chi connectivity index (χ0n) is 12.7. The number of aromatic nitrogens is 3. The van der Waals surface area contributed by atoms with Crippen molar-refractivity contribution >= 4 is 22.3 Å². The maximum atomic E-state index is 12.1. The van der Waals surface area contributed by atoms with E-state index in [0.29, 0.717) is 5.69 Å². The van der Waals surface area contributed by atoms with Crippen LogP contribution in [0.3, 0.4) is 0 Å². The fourth-order valence-corrected chi connectivity index (χ4v) is 2.49. The van der Waals surface area contributed by atoms with Crippen molar-refractivity contribution < 1.29 is 0 Å². The number of nitrogens with zero attached hydrogens (tertiary/aromatic N) is 2. The Balaban J connectivity index is 1.55. The first-order chi connectivity index (χ1) is 11.8. The summed E-state index contributed by atoms with van der Waals surface area (Å²) in [4.78, 5) is 16.4. The minimum atomic E-state index is -0.203. The summed E-state index contributed by atoms with van der Waals surface area (Å²) in [6.07, 6.45) is 3.47. The molecule has 2 aromatic heterocycles. The molecule has 4 rings (SSSR count). The van der Waals surface area contributed by atoms with Crippen LogP contribution in [0.4, 0.5) is 11.4 Å². The van der Waals surface area contributed by atoms with Gasteiger partial charge in [-0.1, -0.05) is 30.3 Å². The number of pyridine rings is 1. The van der Waals surface area contributed by atoms with Gasteiger partial charge in [-0.05, 0) is 30.3 Å². The summed E-state index contributed by atoms with van der Waals surface area (Å²) in [5.74, 6) is 0. The minimum Gasteiger partial charge on any atom is -0.301 e. The molecule has 3 N–H and O–H groups in total. The monoisotopic (exact) mass is 317 g/mol. The summed E-state index contributed by atoms with van der Waals surface area (Å²) < 4.78 is 1.67. The first kappa shape index (κ1) is 14.1. The number of H-pyrrole nitrogens is 1. The summed E-state index contributed by atoms with van der Waals surface area (Å²) in [6, 6.07) is 19.3.